The minimum Gasteiger partial charge on any atom is -0.458 e. The van der Waals surface area contributed by atoms with E-state index in [9.17, 15) is 9.59 Å². The highest BCUT2D eigenvalue weighted by molar-refractivity contribution is 5.82. The van der Waals surface area contributed by atoms with Gasteiger partial charge in [-0.3, -0.25) is 0 Å². The number of benzene rings is 1. The van der Waals surface area contributed by atoms with Crippen molar-refractivity contribution < 1.29 is 19.1 Å². The van der Waals surface area contributed by atoms with Gasteiger partial charge in [0.25, 0.3) is 0 Å². The molecule has 1 aliphatic heterocycles. The van der Waals surface area contributed by atoms with Crippen molar-refractivity contribution in [2.75, 3.05) is 41.7 Å². The molecule has 1 saturated heterocycles. The fourth-order valence-electron chi connectivity index (χ4n) is 5.60. The van der Waals surface area contributed by atoms with Crippen molar-refractivity contribution in [3.63, 3.8) is 0 Å². The maximum absolute atomic E-state index is 13.1. The van der Waals surface area contributed by atoms with E-state index in [0.29, 0.717) is 17.7 Å². The summed E-state index contributed by atoms with van der Waals surface area (Å²) in [6.45, 7) is 14.5. The molecule has 3 heterocycles. The summed E-state index contributed by atoms with van der Waals surface area (Å²) in [6.07, 6.45) is 5.06. The molecule has 47 heavy (non-hydrogen) atoms. The number of piperidine rings is 1. The lowest BCUT2D eigenvalue weighted by atomic mass is 9.93. The molecule has 3 N–H and O–H groups in total. The van der Waals surface area contributed by atoms with Crippen molar-refractivity contribution in [1.82, 2.24) is 20.3 Å². The number of nitrogens with one attached hydrogen (secondary N) is 3. The zero-order valence-corrected chi connectivity index (χ0v) is 28.7. The number of carbonyl (C=O) groups is 2. The van der Waals surface area contributed by atoms with Gasteiger partial charge in [0.2, 0.25) is 0 Å². The Morgan fingerprint density at radius 2 is 1.68 bits per heavy atom. The predicted octanol–water partition coefficient (Wildman–Crippen LogP) is 6.46. The molecule has 1 amide bonds. The van der Waals surface area contributed by atoms with E-state index in [0.717, 1.165) is 73.8 Å². The van der Waals surface area contributed by atoms with E-state index in [-0.39, 0.29) is 13.2 Å². The van der Waals surface area contributed by atoms with E-state index in [1.54, 1.807) is 20.8 Å². The van der Waals surface area contributed by atoms with Crippen LogP contribution in [0.1, 0.15) is 83.0 Å². The molecular weight excluding hydrogens is 594 g/mol. The molecule has 1 fully saturated rings. The second-order valence-corrected chi connectivity index (χ2v) is 13.1. The number of rotatable bonds is 14. The van der Waals surface area contributed by atoms with E-state index < -0.39 is 23.7 Å². The second kappa shape index (κ2) is 16.9. The van der Waals surface area contributed by atoms with Gasteiger partial charge in [-0.25, -0.2) is 24.5 Å². The number of anilines is 3. The van der Waals surface area contributed by atoms with Gasteiger partial charge in [-0.1, -0.05) is 63.1 Å². The van der Waals surface area contributed by atoms with Gasteiger partial charge in [-0.05, 0) is 64.2 Å². The van der Waals surface area contributed by atoms with E-state index in [4.69, 9.17) is 14.5 Å². The lowest BCUT2D eigenvalue weighted by Crippen LogP contribution is -2.48. The van der Waals surface area contributed by atoms with Crippen molar-refractivity contribution in [2.45, 2.75) is 91.4 Å². The molecule has 0 spiro atoms. The number of alkyl carbamates (subject to hydrolysis) is 1. The van der Waals surface area contributed by atoms with Crippen LogP contribution in [-0.4, -0.2) is 64.8 Å². The quantitative estimate of drug-likeness (QED) is 0.168. The fourth-order valence-corrected chi connectivity index (χ4v) is 5.60. The van der Waals surface area contributed by atoms with Gasteiger partial charge in [0.15, 0.2) is 0 Å². The number of nitrogens with zero attached hydrogens (tertiary/aromatic N) is 4. The molecule has 0 bridgehead atoms. The summed E-state index contributed by atoms with van der Waals surface area (Å²) in [4.78, 5) is 42.0. The monoisotopic (exact) mass is 645 g/mol. The first-order chi connectivity index (χ1) is 22.6. The molecule has 1 unspecified atom stereocenters. The van der Waals surface area contributed by atoms with Crippen LogP contribution >= 0.6 is 0 Å². The number of esters is 1. The summed E-state index contributed by atoms with van der Waals surface area (Å²) in [5.41, 5.74) is 2.11. The van der Waals surface area contributed by atoms with Crippen LogP contribution < -0.4 is 20.9 Å². The summed E-state index contributed by atoms with van der Waals surface area (Å²) >= 11 is 0. The van der Waals surface area contributed by atoms with Crippen LogP contribution in [0.2, 0.25) is 0 Å². The Bertz CT molecular complexity index is 1430. The van der Waals surface area contributed by atoms with Crippen LogP contribution in [0.5, 0.6) is 0 Å². The maximum atomic E-state index is 13.1. The number of hydrogen-bond donors (Lipinski definition) is 3. The Balaban J connectivity index is 1.36. The molecule has 11 nitrogen and oxygen atoms in total. The molecule has 4 rings (SSSR count). The first-order valence-corrected chi connectivity index (χ1v) is 16.8. The van der Waals surface area contributed by atoms with Crippen molar-refractivity contribution in [3.05, 3.63) is 71.7 Å². The molecule has 0 aliphatic carbocycles. The van der Waals surface area contributed by atoms with Crippen LogP contribution in [0.25, 0.3) is 0 Å². The van der Waals surface area contributed by atoms with Gasteiger partial charge in [0.05, 0.1) is 0 Å². The number of amides is 1. The summed E-state index contributed by atoms with van der Waals surface area (Å²) < 4.78 is 11.0. The number of pyridine rings is 1. The highest BCUT2D eigenvalue weighted by Crippen LogP contribution is 2.32. The van der Waals surface area contributed by atoms with Gasteiger partial charge < -0.3 is 30.3 Å². The lowest BCUT2D eigenvalue weighted by Gasteiger charge is -2.33. The zero-order chi connectivity index (χ0) is 33.8. The van der Waals surface area contributed by atoms with E-state index in [1.807, 2.05) is 37.3 Å². The number of aromatic nitrogens is 3. The molecule has 2 aromatic heterocycles. The SMILES string of the molecule is CCC(CC)CNc1cccc(C2CCN(c3ncnc(NCC(NC(=O)OCc4ccccc4)C(=O)OC(C)(C)C)c3C)CC2)n1. The molecule has 1 aromatic carbocycles. The molecule has 254 valence electrons. The molecular formula is C36H51N7O4. The number of ether oxygens (including phenoxy) is 2. The largest absolute Gasteiger partial charge is 0.458 e. The van der Waals surface area contributed by atoms with Crippen LogP contribution in [0.4, 0.5) is 22.2 Å². The summed E-state index contributed by atoms with van der Waals surface area (Å²) in [6, 6.07) is 14.6. The topological polar surface area (TPSA) is 131 Å². The lowest BCUT2D eigenvalue weighted by molar-refractivity contribution is -0.156. The highest BCUT2D eigenvalue weighted by atomic mass is 16.6. The van der Waals surface area contributed by atoms with E-state index in [1.165, 1.54) is 6.33 Å². The van der Waals surface area contributed by atoms with Crippen molar-refractivity contribution >= 4 is 29.5 Å². The number of hydrogen-bond acceptors (Lipinski definition) is 10. The van der Waals surface area contributed by atoms with Crippen LogP contribution in [0.3, 0.4) is 0 Å². The summed E-state index contributed by atoms with van der Waals surface area (Å²) in [7, 11) is 0. The van der Waals surface area contributed by atoms with Crippen molar-refractivity contribution in [3.8, 4) is 0 Å². The van der Waals surface area contributed by atoms with Gasteiger partial charge in [-0.15, -0.1) is 0 Å². The second-order valence-electron chi connectivity index (χ2n) is 13.1. The third-order valence-corrected chi connectivity index (χ3v) is 8.44. The standard InChI is InChI=1S/C36H51N7O4/c1-7-26(8-2)21-37-31-16-12-15-29(41-31)28-17-19-43(20-18-28)33-25(3)32(39-24-40-33)38-22-30(34(44)47-36(4,5)6)42-35(45)46-23-27-13-10-9-11-14-27/h9-16,24,26,28,30H,7-8,17-23H2,1-6H3,(H,37,41)(H,42,45)(H,38,39,40). The van der Waals surface area contributed by atoms with Gasteiger partial charge in [0.1, 0.15) is 42.0 Å². The Labute approximate surface area is 279 Å². The summed E-state index contributed by atoms with van der Waals surface area (Å²) in [5.74, 6) is 2.84. The Kier molecular flexibility index (Phi) is 12.8. The molecule has 1 aliphatic rings. The van der Waals surface area contributed by atoms with Gasteiger partial charge in [-0.2, -0.15) is 0 Å². The van der Waals surface area contributed by atoms with Crippen LogP contribution in [0, 0.1) is 12.8 Å². The molecule has 3 aromatic rings. The smallest absolute Gasteiger partial charge is 0.408 e. The minimum atomic E-state index is -1.00. The normalized spacial score (nSPS) is 14.4. The maximum Gasteiger partial charge on any atom is 0.408 e. The number of carbonyl (C=O) groups excluding carboxylic acids is 2. The van der Waals surface area contributed by atoms with Gasteiger partial charge in [0, 0.05) is 43.4 Å². The minimum absolute atomic E-state index is 0.0576. The third-order valence-electron chi connectivity index (χ3n) is 8.44. The molecule has 0 saturated carbocycles. The average Bonchev–Trinajstić information content (AvgIpc) is 3.06. The molecule has 0 radical (unpaired) electrons. The van der Waals surface area contributed by atoms with E-state index >= 15 is 0 Å². The summed E-state index contributed by atoms with van der Waals surface area (Å²) in [5, 5.41) is 9.43. The predicted molar refractivity (Wildman–Crippen MR) is 186 cm³/mol. The average molecular weight is 646 g/mol. The Morgan fingerprint density at radius 3 is 2.36 bits per heavy atom. The fraction of sp³-hybridized carbons (Fsp3) is 0.528. The molecule has 11 heteroatoms. The Morgan fingerprint density at radius 1 is 0.957 bits per heavy atom. The van der Waals surface area contributed by atoms with Crippen molar-refractivity contribution in [1.29, 1.82) is 0 Å². The van der Waals surface area contributed by atoms with Crippen molar-refractivity contribution in [2.24, 2.45) is 5.92 Å². The van der Waals surface area contributed by atoms with E-state index in [2.05, 4.69) is 62.9 Å². The Hall–Kier alpha value is -4.41. The molecule has 1 atom stereocenters. The zero-order valence-electron chi connectivity index (χ0n) is 28.7. The first kappa shape index (κ1) is 35.4. The first-order valence-electron chi connectivity index (χ1n) is 16.8. The van der Waals surface area contributed by atoms with Crippen LogP contribution in [-0.2, 0) is 20.9 Å². The third kappa shape index (κ3) is 10.8. The van der Waals surface area contributed by atoms with Gasteiger partial charge >= 0.3 is 12.1 Å². The highest BCUT2D eigenvalue weighted by Gasteiger charge is 2.29. The van der Waals surface area contributed by atoms with Crippen LogP contribution in [0.15, 0.2) is 54.9 Å².